The topological polar surface area (TPSA) is 65.8 Å². The molecule has 0 bridgehead atoms. The Morgan fingerprint density at radius 2 is 2.17 bits per heavy atom. The normalized spacial score (nSPS) is 17.8. The molecule has 0 aliphatic heterocycles. The van der Waals surface area contributed by atoms with Crippen molar-refractivity contribution in [1.29, 1.82) is 5.26 Å². The zero-order chi connectivity index (χ0) is 13.0. The molecular weight excluding hydrogens is 233 g/mol. The minimum absolute atomic E-state index is 0.113. The number of rotatable bonds is 2. The van der Waals surface area contributed by atoms with Gasteiger partial charge in [-0.2, -0.15) is 9.65 Å². The lowest BCUT2D eigenvalue weighted by molar-refractivity contribution is 0.0897. The third-order valence-corrected chi connectivity index (χ3v) is 3.28. The van der Waals surface area contributed by atoms with E-state index in [0.717, 1.165) is 19.3 Å². The van der Waals surface area contributed by atoms with E-state index in [2.05, 4.69) is 16.4 Å². The maximum Gasteiger partial charge on any atom is 0.257 e. The van der Waals surface area contributed by atoms with Crippen LogP contribution in [0.5, 0.6) is 0 Å². The summed E-state index contributed by atoms with van der Waals surface area (Å²) in [4.78, 5) is 15.4. The van der Waals surface area contributed by atoms with Crippen LogP contribution in [0.4, 0.5) is 4.39 Å². The number of nitrogens with one attached hydrogen (secondary N) is 1. The number of pyridine rings is 1. The number of hydrogen-bond acceptors (Lipinski definition) is 3. The summed E-state index contributed by atoms with van der Waals surface area (Å²) in [7, 11) is 0. The summed E-state index contributed by atoms with van der Waals surface area (Å²) in [5.41, 5.74) is -0.963. The smallest absolute Gasteiger partial charge is 0.257 e. The fourth-order valence-electron chi connectivity index (χ4n) is 2.26. The standard InChI is InChI=1S/C13H14FN3O/c14-11-10(5-4-8-16-11)12(18)17-13(9-15)6-2-1-3-7-13/h4-5,8H,1-3,6-7H2,(H,17,18). The maximum absolute atomic E-state index is 13.4. The molecule has 1 amide bonds. The monoisotopic (exact) mass is 247 g/mol. The lowest BCUT2D eigenvalue weighted by Gasteiger charge is -2.31. The highest BCUT2D eigenvalue weighted by Gasteiger charge is 2.34. The highest BCUT2D eigenvalue weighted by molar-refractivity contribution is 5.94. The Labute approximate surface area is 105 Å². The molecule has 0 aromatic carbocycles. The molecule has 1 N–H and O–H groups in total. The van der Waals surface area contributed by atoms with Gasteiger partial charge in [-0.15, -0.1) is 0 Å². The molecule has 18 heavy (non-hydrogen) atoms. The highest BCUT2D eigenvalue weighted by atomic mass is 19.1. The average molecular weight is 247 g/mol. The molecule has 0 atom stereocenters. The van der Waals surface area contributed by atoms with E-state index in [0.29, 0.717) is 12.8 Å². The highest BCUT2D eigenvalue weighted by Crippen LogP contribution is 2.27. The molecule has 1 aromatic heterocycles. The molecule has 1 aliphatic carbocycles. The SMILES string of the molecule is N#CC1(NC(=O)c2cccnc2F)CCCCC1. The van der Waals surface area contributed by atoms with E-state index in [1.165, 1.54) is 18.3 Å². The van der Waals surface area contributed by atoms with Crippen LogP contribution in [0.3, 0.4) is 0 Å². The Morgan fingerprint density at radius 3 is 2.78 bits per heavy atom. The van der Waals surface area contributed by atoms with Crippen LogP contribution in [0.1, 0.15) is 42.5 Å². The Kier molecular flexibility index (Phi) is 3.56. The van der Waals surface area contributed by atoms with Gasteiger partial charge < -0.3 is 5.32 Å². The summed E-state index contributed by atoms with van der Waals surface area (Å²) < 4.78 is 13.4. The number of carbonyl (C=O) groups is 1. The van der Waals surface area contributed by atoms with E-state index in [1.54, 1.807) is 0 Å². The third kappa shape index (κ3) is 2.48. The molecule has 94 valence electrons. The fraction of sp³-hybridized carbons (Fsp3) is 0.462. The van der Waals surface area contributed by atoms with Gasteiger partial charge in [0.05, 0.1) is 11.6 Å². The van der Waals surface area contributed by atoms with Crippen molar-refractivity contribution in [2.75, 3.05) is 0 Å². The molecule has 5 heteroatoms. The first-order valence-corrected chi connectivity index (χ1v) is 6.01. The van der Waals surface area contributed by atoms with E-state index in [9.17, 15) is 14.4 Å². The van der Waals surface area contributed by atoms with E-state index >= 15 is 0 Å². The number of carbonyl (C=O) groups excluding carboxylic acids is 1. The summed E-state index contributed by atoms with van der Waals surface area (Å²) in [6.45, 7) is 0. The molecule has 1 saturated carbocycles. The van der Waals surface area contributed by atoms with Crippen LogP contribution in [-0.4, -0.2) is 16.4 Å². The molecule has 0 radical (unpaired) electrons. The predicted molar refractivity (Wildman–Crippen MR) is 63.1 cm³/mol. The van der Waals surface area contributed by atoms with E-state index < -0.39 is 17.4 Å². The van der Waals surface area contributed by atoms with Crippen LogP contribution in [0.2, 0.25) is 0 Å². The summed E-state index contributed by atoms with van der Waals surface area (Å²) in [6.07, 6.45) is 5.41. The Bertz CT molecular complexity index is 489. The first-order valence-electron chi connectivity index (χ1n) is 6.01. The molecular formula is C13H14FN3O. The number of amides is 1. The van der Waals surface area contributed by atoms with Gasteiger partial charge in [0.1, 0.15) is 5.54 Å². The van der Waals surface area contributed by atoms with Crippen LogP contribution < -0.4 is 5.32 Å². The van der Waals surface area contributed by atoms with Crippen LogP contribution in [0, 0.1) is 17.3 Å². The van der Waals surface area contributed by atoms with Crippen LogP contribution >= 0.6 is 0 Å². The van der Waals surface area contributed by atoms with Crippen molar-refractivity contribution < 1.29 is 9.18 Å². The first kappa shape index (κ1) is 12.5. The lowest BCUT2D eigenvalue weighted by Crippen LogP contribution is -2.48. The van der Waals surface area contributed by atoms with E-state index in [4.69, 9.17) is 0 Å². The predicted octanol–water partition coefficient (Wildman–Crippen LogP) is 2.18. The zero-order valence-corrected chi connectivity index (χ0v) is 9.95. The van der Waals surface area contributed by atoms with Gasteiger partial charge in [-0.05, 0) is 25.0 Å². The van der Waals surface area contributed by atoms with Crippen molar-refractivity contribution in [2.24, 2.45) is 0 Å². The van der Waals surface area contributed by atoms with Gasteiger partial charge in [0.15, 0.2) is 0 Å². The van der Waals surface area contributed by atoms with Crippen LogP contribution in [-0.2, 0) is 0 Å². The van der Waals surface area contributed by atoms with Gasteiger partial charge in [0, 0.05) is 6.20 Å². The van der Waals surface area contributed by atoms with E-state index in [-0.39, 0.29) is 5.56 Å². The minimum atomic E-state index is -0.850. The molecule has 0 spiro atoms. The van der Waals surface area contributed by atoms with Crippen molar-refractivity contribution >= 4 is 5.91 Å². The summed E-state index contributed by atoms with van der Waals surface area (Å²) in [6, 6.07) is 5.03. The number of nitriles is 1. The average Bonchev–Trinajstić information content (AvgIpc) is 2.40. The van der Waals surface area contributed by atoms with Crippen molar-refractivity contribution in [3.63, 3.8) is 0 Å². The summed E-state index contributed by atoms with van der Waals surface area (Å²) in [5.74, 6) is -1.37. The van der Waals surface area contributed by atoms with Crippen LogP contribution in [0.15, 0.2) is 18.3 Å². The number of nitrogens with zero attached hydrogens (tertiary/aromatic N) is 2. The van der Waals surface area contributed by atoms with E-state index in [1.807, 2.05) is 0 Å². The molecule has 1 fully saturated rings. The van der Waals surface area contributed by atoms with Gasteiger partial charge in [-0.25, -0.2) is 4.98 Å². The largest absolute Gasteiger partial charge is 0.334 e. The zero-order valence-electron chi connectivity index (χ0n) is 9.95. The number of aromatic nitrogens is 1. The van der Waals surface area contributed by atoms with Gasteiger partial charge in [0.2, 0.25) is 5.95 Å². The minimum Gasteiger partial charge on any atom is -0.334 e. The van der Waals surface area contributed by atoms with Crippen molar-refractivity contribution in [2.45, 2.75) is 37.6 Å². The third-order valence-electron chi connectivity index (χ3n) is 3.28. The first-order chi connectivity index (χ1) is 8.67. The Balaban J connectivity index is 2.16. The quantitative estimate of drug-likeness (QED) is 0.814. The van der Waals surface area contributed by atoms with Gasteiger partial charge in [-0.1, -0.05) is 19.3 Å². The lowest BCUT2D eigenvalue weighted by atomic mass is 9.82. The molecule has 4 nitrogen and oxygen atoms in total. The second kappa shape index (κ2) is 5.13. The molecule has 1 aliphatic rings. The number of hydrogen-bond donors (Lipinski definition) is 1. The van der Waals surface area contributed by atoms with Gasteiger partial charge in [-0.3, -0.25) is 4.79 Å². The fourth-order valence-corrected chi connectivity index (χ4v) is 2.26. The second-order valence-electron chi connectivity index (χ2n) is 4.55. The molecule has 2 rings (SSSR count). The molecule has 0 unspecified atom stereocenters. The summed E-state index contributed by atoms with van der Waals surface area (Å²) >= 11 is 0. The second-order valence-corrected chi connectivity index (χ2v) is 4.55. The Hall–Kier alpha value is -1.96. The molecule has 0 saturated heterocycles. The van der Waals surface area contributed by atoms with Crippen molar-refractivity contribution in [3.05, 3.63) is 29.8 Å². The van der Waals surface area contributed by atoms with Crippen LogP contribution in [0.25, 0.3) is 0 Å². The van der Waals surface area contributed by atoms with Gasteiger partial charge in [0.25, 0.3) is 5.91 Å². The Morgan fingerprint density at radius 1 is 1.44 bits per heavy atom. The van der Waals surface area contributed by atoms with Crippen molar-refractivity contribution in [3.8, 4) is 6.07 Å². The molecule has 1 aromatic rings. The van der Waals surface area contributed by atoms with Crippen molar-refractivity contribution in [1.82, 2.24) is 10.3 Å². The maximum atomic E-state index is 13.4. The molecule has 1 heterocycles. The van der Waals surface area contributed by atoms with Gasteiger partial charge >= 0.3 is 0 Å². The summed E-state index contributed by atoms with van der Waals surface area (Å²) in [5, 5.41) is 11.9. The number of halogens is 1.